The van der Waals surface area contributed by atoms with Gasteiger partial charge in [-0.2, -0.15) is 0 Å². The van der Waals surface area contributed by atoms with E-state index in [4.69, 9.17) is 9.72 Å². The van der Waals surface area contributed by atoms with Crippen LogP contribution in [0.25, 0.3) is 27.8 Å². The molecule has 0 aliphatic heterocycles. The van der Waals surface area contributed by atoms with Gasteiger partial charge in [-0.3, -0.25) is 0 Å². The summed E-state index contributed by atoms with van der Waals surface area (Å²) in [6.45, 7) is 2.72. The molecule has 4 aromatic carbocycles. The number of methoxy groups -OCH3 is 1. The molecule has 198 valence electrons. The molecule has 1 heterocycles. The fourth-order valence-corrected chi connectivity index (χ4v) is 5.65. The number of hydrogen-bond donors (Lipinski definition) is 1. The van der Waals surface area contributed by atoms with E-state index in [-0.39, 0.29) is 0 Å². The van der Waals surface area contributed by atoms with Gasteiger partial charge in [0.25, 0.3) is 0 Å². The molecular formula is C35H36N2O2. The van der Waals surface area contributed by atoms with Crippen molar-refractivity contribution in [2.75, 3.05) is 27.7 Å². The average Bonchev–Trinajstić information content (AvgIpc) is 2.96. The topological polar surface area (TPSA) is 45.6 Å². The Kier molecular flexibility index (Phi) is 7.78. The predicted molar refractivity (Wildman–Crippen MR) is 162 cm³/mol. The highest BCUT2D eigenvalue weighted by atomic mass is 16.5. The molecule has 1 N–H and O–H groups in total. The molecule has 0 spiro atoms. The normalized spacial score (nSPS) is 14.2. The second-order valence-corrected chi connectivity index (χ2v) is 10.4. The fraction of sp³-hybridized carbons (Fsp3) is 0.229. The molecule has 0 radical (unpaired) electrons. The summed E-state index contributed by atoms with van der Waals surface area (Å²) in [5.74, 6) is 0.0975. The molecule has 4 heteroatoms. The van der Waals surface area contributed by atoms with E-state index in [1.807, 2.05) is 69.6 Å². The Morgan fingerprint density at radius 1 is 0.897 bits per heavy atom. The maximum Gasteiger partial charge on any atom is 0.217 e. The summed E-state index contributed by atoms with van der Waals surface area (Å²) < 4.78 is 5.93. The van der Waals surface area contributed by atoms with Crippen molar-refractivity contribution in [1.82, 2.24) is 9.88 Å². The number of rotatable bonds is 9. The minimum Gasteiger partial charge on any atom is -0.481 e. The number of aliphatic hydroxyl groups is 1. The van der Waals surface area contributed by atoms with Gasteiger partial charge in [0.1, 0.15) is 5.60 Å². The molecule has 4 nitrogen and oxygen atoms in total. The zero-order valence-corrected chi connectivity index (χ0v) is 23.1. The SMILES string of the molecule is C/C=C/c1ccc2nc(OC)c(C(c3ccccc3)C(O)(CCN(C)C)c3cccc4ccccc34)cc2c1. The highest BCUT2D eigenvalue weighted by Gasteiger charge is 2.43. The molecule has 5 aromatic rings. The molecule has 0 aliphatic rings. The molecule has 0 fully saturated rings. The van der Waals surface area contributed by atoms with Crippen molar-refractivity contribution >= 4 is 27.8 Å². The van der Waals surface area contributed by atoms with Crippen LogP contribution in [0.15, 0.2) is 103 Å². The van der Waals surface area contributed by atoms with Crippen LogP contribution in [-0.2, 0) is 5.60 Å². The van der Waals surface area contributed by atoms with Gasteiger partial charge in [0.2, 0.25) is 5.88 Å². The highest BCUT2D eigenvalue weighted by Crippen LogP contribution is 2.49. The monoisotopic (exact) mass is 516 g/mol. The Bertz CT molecular complexity index is 1600. The lowest BCUT2D eigenvalue weighted by atomic mass is 9.70. The zero-order valence-electron chi connectivity index (χ0n) is 23.1. The maximum absolute atomic E-state index is 13.1. The van der Waals surface area contributed by atoms with Crippen LogP contribution in [0.3, 0.4) is 0 Å². The van der Waals surface area contributed by atoms with Gasteiger partial charge >= 0.3 is 0 Å². The molecule has 0 amide bonds. The molecule has 2 unspecified atom stereocenters. The molecule has 0 saturated heterocycles. The third kappa shape index (κ3) is 5.31. The quantitative estimate of drug-likeness (QED) is 0.222. The molecule has 2 atom stereocenters. The largest absolute Gasteiger partial charge is 0.481 e. The Morgan fingerprint density at radius 2 is 1.64 bits per heavy atom. The number of pyridine rings is 1. The third-order valence-electron chi connectivity index (χ3n) is 7.50. The lowest BCUT2D eigenvalue weighted by molar-refractivity contribution is 0.00520. The summed E-state index contributed by atoms with van der Waals surface area (Å²) in [4.78, 5) is 7.06. The summed E-state index contributed by atoms with van der Waals surface area (Å²) in [6, 6.07) is 33.1. The van der Waals surface area contributed by atoms with Crippen LogP contribution >= 0.6 is 0 Å². The first-order chi connectivity index (χ1) is 18.9. The first kappa shape index (κ1) is 26.6. The molecular weight excluding hydrogens is 480 g/mol. The van der Waals surface area contributed by atoms with Gasteiger partial charge in [0, 0.05) is 23.4 Å². The fourth-order valence-electron chi connectivity index (χ4n) is 5.65. The number of ether oxygens (including phenoxy) is 1. The van der Waals surface area contributed by atoms with E-state index in [0.717, 1.165) is 43.9 Å². The summed E-state index contributed by atoms with van der Waals surface area (Å²) in [6.07, 6.45) is 4.64. The minimum atomic E-state index is -1.25. The first-order valence-electron chi connectivity index (χ1n) is 13.5. The van der Waals surface area contributed by atoms with E-state index in [1.165, 1.54) is 0 Å². The van der Waals surface area contributed by atoms with Crippen LogP contribution in [-0.4, -0.2) is 42.7 Å². The van der Waals surface area contributed by atoms with Crippen molar-refractivity contribution in [3.63, 3.8) is 0 Å². The number of benzene rings is 4. The van der Waals surface area contributed by atoms with E-state index in [9.17, 15) is 5.11 Å². The van der Waals surface area contributed by atoms with E-state index in [0.29, 0.717) is 18.8 Å². The molecule has 0 saturated carbocycles. The van der Waals surface area contributed by atoms with Crippen molar-refractivity contribution in [3.05, 3.63) is 125 Å². The Morgan fingerprint density at radius 3 is 2.38 bits per heavy atom. The van der Waals surface area contributed by atoms with Gasteiger partial charge < -0.3 is 14.7 Å². The summed E-state index contributed by atoms with van der Waals surface area (Å²) in [5.41, 5.74) is 3.49. The lowest BCUT2D eigenvalue weighted by Gasteiger charge is -2.39. The van der Waals surface area contributed by atoms with Gasteiger partial charge in [0.05, 0.1) is 12.6 Å². The summed E-state index contributed by atoms with van der Waals surface area (Å²) in [5, 5.41) is 16.3. The first-order valence-corrected chi connectivity index (χ1v) is 13.5. The molecule has 0 bridgehead atoms. The number of nitrogens with zero attached hydrogens (tertiary/aromatic N) is 2. The Balaban J connectivity index is 1.83. The number of aromatic nitrogens is 1. The Hall–Kier alpha value is -3.99. The van der Waals surface area contributed by atoms with Gasteiger partial charge in [-0.25, -0.2) is 4.98 Å². The molecule has 39 heavy (non-hydrogen) atoms. The smallest absolute Gasteiger partial charge is 0.217 e. The molecule has 5 rings (SSSR count). The number of hydrogen-bond acceptors (Lipinski definition) is 4. The van der Waals surface area contributed by atoms with Crippen molar-refractivity contribution in [2.24, 2.45) is 0 Å². The summed E-state index contributed by atoms with van der Waals surface area (Å²) >= 11 is 0. The highest BCUT2D eigenvalue weighted by molar-refractivity contribution is 5.87. The zero-order chi connectivity index (χ0) is 27.4. The average molecular weight is 517 g/mol. The van der Waals surface area contributed by atoms with E-state index >= 15 is 0 Å². The van der Waals surface area contributed by atoms with Crippen LogP contribution in [0.2, 0.25) is 0 Å². The second-order valence-electron chi connectivity index (χ2n) is 10.4. The van der Waals surface area contributed by atoms with Gasteiger partial charge in [-0.05, 0) is 73.1 Å². The van der Waals surface area contributed by atoms with Crippen molar-refractivity contribution in [2.45, 2.75) is 24.9 Å². The van der Waals surface area contributed by atoms with Crippen LogP contribution < -0.4 is 4.74 Å². The van der Waals surface area contributed by atoms with Crippen molar-refractivity contribution in [1.29, 1.82) is 0 Å². The minimum absolute atomic E-state index is 0.429. The second kappa shape index (κ2) is 11.4. The van der Waals surface area contributed by atoms with Crippen LogP contribution in [0.4, 0.5) is 0 Å². The van der Waals surface area contributed by atoms with Crippen molar-refractivity contribution < 1.29 is 9.84 Å². The van der Waals surface area contributed by atoms with Gasteiger partial charge in [0.15, 0.2) is 0 Å². The van der Waals surface area contributed by atoms with Gasteiger partial charge in [-0.1, -0.05) is 91.0 Å². The van der Waals surface area contributed by atoms with E-state index in [1.54, 1.807) is 7.11 Å². The number of fused-ring (bicyclic) bond motifs is 2. The predicted octanol–water partition coefficient (Wildman–Crippen LogP) is 7.40. The summed E-state index contributed by atoms with van der Waals surface area (Å²) in [7, 11) is 5.74. The van der Waals surface area contributed by atoms with Crippen LogP contribution in [0, 0.1) is 0 Å². The Labute approximate surface area is 231 Å². The maximum atomic E-state index is 13.1. The molecule has 1 aromatic heterocycles. The lowest BCUT2D eigenvalue weighted by Crippen LogP contribution is -2.38. The van der Waals surface area contributed by atoms with E-state index in [2.05, 4.69) is 65.6 Å². The third-order valence-corrected chi connectivity index (χ3v) is 7.50. The van der Waals surface area contributed by atoms with Crippen molar-refractivity contribution in [3.8, 4) is 5.88 Å². The van der Waals surface area contributed by atoms with Crippen LogP contribution in [0.1, 0.15) is 41.5 Å². The van der Waals surface area contributed by atoms with Gasteiger partial charge in [-0.15, -0.1) is 0 Å². The van der Waals surface area contributed by atoms with E-state index < -0.39 is 11.5 Å². The molecule has 0 aliphatic carbocycles. The van der Waals surface area contributed by atoms with Crippen LogP contribution in [0.5, 0.6) is 5.88 Å². The standard InChI is InChI=1S/C35H36N2O2/c1-5-12-25-19-20-32-28(23-25)24-30(34(36-32)39-4)33(27-14-7-6-8-15-27)35(38,21-22-37(2)3)31-18-11-16-26-13-9-10-17-29(26)31/h5-20,23-24,33,38H,21-22H2,1-4H3/b12-5+. The number of allylic oxidation sites excluding steroid dienone is 1.